The normalized spacial score (nSPS) is 15.2. The minimum absolute atomic E-state index is 0.0479. The van der Waals surface area contributed by atoms with Gasteiger partial charge in [-0.3, -0.25) is 9.69 Å². The Labute approximate surface area is 144 Å². The third kappa shape index (κ3) is 4.04. The molecule has 0 bridgehead atoms. The molecule has 1 aliphatic rings. The van der Waals surface area contributed by atoms with E-state index in [0.717, 1.165) is 17.8 Å². The summed E-state index contributed by atoms with van der Waals surface area (Å²) in [6, 6.07) is 14.0. The Morgan fingerprint density at radius 2 is 1.71 bits per heavy atom. The number of nitrogens with zero attached hydrogens (tertiary/aromatic N) is 1. The summed E-state index contributed by atoms with van der Waals surface area (Å²) in [4.78, 5) is 15.0. The minimum atomic E-state index is -0.0479. The van der Waals surface area contributed by atoms with E-state index in [-0.39, 0.29) is 5.91 Å². The number of carbonyl (C=O) groups is 1. The summed E-state index contributed by atoms with van der Waals surface area (Å²) in [5, 5.41) is 3.02. The van der Waals surface area contributed by atoms with E-state index in [1.54, 1.807) is 0 Å². The lowest BCUT2D eigenvalue weighted by Gasteiger charge is -2.26. The quantitative estimate of drug-likeness (QED) is 0.896. The van der Waals surface area contributed by atoms with E-state index in [9.17, 15) is 4.79 Å². The lowest BCUT2D eigenvalue weighted by atomic mass is 10.1. The van der Waals surface area contributed by atoms with Crippen molar-refractivity contribution in [2.75, 3.05) is 18.4 Å². The van der Waals surface area contributed by atoms with E-state index < -0.39 is 0 Å². The van der Waals surface area contributed by atoms with Crippen molar-refractivity contribution in [1.29, 1.82) is 0 Å². The first-order valence-electron chi connectivity index (χ1n) is 8.82. The summed E-state index contributed by atoms with van der Waals surface area (Å²) in [6.07, 6.45) is 3.96. The van der Waals surface area contributed by atoms with Gasteiger partial charge in [-0.15, -0.1) is 0 Å². The van der Waals surface area contributed by atoms with Crippen molar-refractivity contribution in [2.45, 2.75) is 39.7 Å². The summed E-state index contributed by atoms with van der Waals surface area (Å²) in [6.45, 7) is 7.45. The highest BCUT2D eigenvalue weighted by atomic mass is 16.1. The van der Waals surface area contributed by atoms with Crippen LogP contribution in [0.4, 0.5) is 5.69 Å². The van der Waals surface area contributed by atoms with Crippen LogP contribution in [0.15, 0.2) is 42.5 Å². The number of hydrogen-bond donors (Lipinski definition) is 1. The number of nitrogens with one attached hydrogen (secondary N) is 1. The zero-order valence-corrected chi connectivity index (χ0v) is 14.6. The second-order valence-corrected chi connectivity index (χ2v) is 6.74. The molecule has 1 amide bonds. The maximum absolute atomic E-state index is 12.5. The fourth-order valence-electron chi connectivity index (χ4n) is 3.22. The second-order valence-electron chi connectivity index (χ2n) is 6.74. The van der Waals surface area contributed by atoms with Crippen molar-refractivity contribution in [3.63, 3.8) is 0 Å². The molecule has 24 heavy (non-hydrogen) atoms. The maximum atomic E-state index is 12.5. The topological polar surface area (TPSA) is 32.3 Å². The number of rotatable bonds is 4. The number of likely N-dealkylation sites (tertiary alicyclic amines) is 1. The Morgan fingerprint density at radius 1 is 1.00 bits per heavy atom. The monoisotopic (exact) mass is 322 g/mol. The molecule has 3 nitrogen and oxygen atoms in total. The average Bonchev–Trinajstić information content (AvgIpc) is 2.60. The van der Waals surface area contributed by atoms with E-state index in [4.69, 9.17) is 0 Å². The van der Waals surface area contributed by atoms with Crippen LogP contribution in [0.1, 0.15) is 46.3 Å². The molecule has 3 rings (SSSR count). The van der Waals surface area contributed by atoms with Crippen LogP contribution in [0, 0.1) is 13.8 Å². The van der Waals surface area contributed by atoms with Crippen LogP contribution in [-0.2, 0) is 6.54 Å². The predicted octanol–water partition coefficient (Wildman–Crippen LogP) is 4.54. The van der Waals surface area contributed by atoms with Gasteiger partial charge in [0.15, 0.2) is 0 Å². The Hall–Kier alpha value is -2.13. The number of aryl methyl sites for hydroxylation is 1. The van der Waals surface area contributed by atoms with Gasteiger partial charge in [0, 0.05) is 17.8 Å². The van der Waals surface area contributed by atoms with Crippen molar-refractivity contribution in [2.24, 2.45) is 0 Å². The van der Waals surface area contributed by atoms with E-state index in [2.05, 4.69) is 35.3 Å². The Bertz CT molecular complexity index is 700. The highest BCUT2D eigenvalue weighted by Gasteiger charge is 2.12. The minimum Gasteiger partial charge on any atom is -0.322 e. The number of hydrogen-bond acceptors (Lipinski definition) is 2. The van der Waals surface area contributed by atoms with Gasteiger partial charge in [0.1, 0.15) is 0 Å². The summed E-state index contributed by atoms with van der Waals surface area (Å²) in [5.41, 5.74) is 5.17. The van der Waals surface area contributed by atoms with Crippen LogP contribution >= 0.6 is 0 Å². The van der Waals surface area contributed by atoms with Crippen LogP contribution in [0.25, 0.3) is 0 Å². The molecule has 1 heterocycles. The van der Waals surface area contributed by atoms with Gasteiger partial charge in [-0.2, -0.15) is 0 Å². The molecule has 0 spiro atoms. The van der Waals surface area contributed by atoms with Gasteiger partial charge in [0.05, 0.1) is 0 Å². The molecule has 2 aromatic carbocycles. The highest BCUT2D eigenvalue weighted by molar-refractivity contribution is 6.04. The van der Waals surface area contributed by atoms with E-state index in [1.807, 2.05) is 31.2 Å². The number of anilines is 1. The van der Waals surface area contributed by atoms with Gasteiger partial charge >= 0.3 is 0 Å². The molecule has 0 saturated carbocycles. The smallest absolute Gasteiger partial charge is 0.255 e. The molecular weight excluding hydrogens is 296 g/mol. The van der Waals surface area contributed by atoms with Crippen LogP contribution < -0.4 is 5.32 Å². The van der Waals surface area contributed by atoms with Crippen molar-refractivity contribution in [1.82, 2.24) is 4.90 Å². The lowest BCUT2D eigenvalue weighted by Crippen LogP contribution is -2.29. The van der Waals surface area contributed by atoms with Crippen LogP contribution in [-0.4, -0.2) is 23.9 Å². The largest absolute Gasteiger partial charge is 0.322 e. The van der Waals surface area contributed by atoms with Gasteiger partial charge in [-0.1, -0.05) is 30.7 Å². The molecule has 1 fully saturated rings. The summed E-state index contributed by atoms with van der Waals surface area (Å²) >= 11 is 0. The van der Waals surface area contributed by atoms with E-state index >= 15 is 0 Å². The van der Waals surface area contributed by atoms with Crippen molar-refractivity contribution in [3.8, 4) is 0 Å². The lowest BCUT2D eigenvalue weighted by molar-refractivity contribution is 0.102. The van der Waals surface area contributed by atoms with Crippen LogP contribution in [0.5, 0.6) is 0 Å². The van der Waals surface area contributed by atoms with Gasteiger partial charge in [-0.05, 0) is 74.7 Å². The number of benzene rings is 2. The van der Waals surface area contributed by atoms with Crippen LogP contribution in [0.3, 0.4) is 0 Å². The van der Waals surface area contributed by atoms with Crippen molar-refractivity contribution < 1.29 is 4.79 Å². The van der Waals surface area contributed by atoms with Crippen molar-refractivity contribution >= 4 is 11.6 Å². The average molecular weight is 322 g/mol. The summed E-state index contributed by atoms with van der Waals surface area (Å²) < 4.78 is 0. The SMILES string of the molecule is Cc1cccc(NC(=O)c2ccc(CN3CCCCC3)cc2)c1C. The predicted molar refractivity (Wildman–Crippen MR) is 99.4 cm³/mol. The molecule has 0 atom stereocenters. The first-order valence-corrected chi connectivity index (χ1v) is 8.82. The molecule has 2 aromatic rings. The second kappa shape index (κ2) is 7.63. The van der Waals surface area contributed by atoms with Gasteiger partial charge in [0.2, 0.25) is 0 Å². The maximum Gasteiger partial charge on any atom is 0.255 e. The number of carbonyl (C=O) groups excluding carboxylic acids is 1. The highest BCUT2D eigenvalue weighted by Crippen LogP contribution is 2.19. The Kier molecular flexibility index (Phi) is 5.31. The van der Waals surface area contributed by atoms with E-state index in [0.29, 0.717) is 5.56 Å². The third-order valence-corrected chi connectivity index (χ3v) is 4.92. The zero-order chi connectivity index (χ0) is 16.9. The molecule has 1 N–H and O–H groups in total. The third-order valence-electron chi connectivity index (χ3n) is 4.92. The fraction of sp³-hybridized carbons (Fsp3) is 0.381. The molecule has 126 valence electrons. The Balaban J connectivity index is 1.64. The molecule has 0 aromatic heterocycles. The van der Waals surface area contributed by atoms with Crippen LogP contribution in [0.2, 0.25) is 0 Å². The molecule has 1 saturated heterocycles. The number of piperidine rings is 1. The molecule has 0 radical (unpaired) electrons. The van der Waals surface area contributed by atoms with Gasteiger partial charge in [0.25, 0.3) is 5.91 Å². The van der Waals surface area contributed by atoms with Gasteiger partial charge in [-0.25, -0.2) is 0 Å². The molecular formula is C21H26N2O. The first kappa shape index (κ1) is 16.7. The summed E-state index contributed by atoms with van der Waals surface area (Å²) in [5.74, 6) is -0.0479. The summed E-state index contributed by atoms with van der Waals surface area (Å²) in [7, 11) is 0. The Morgan fingerprint density at radius 3 is 2.42 bits per heavy atom. The first-order chi connectivity index (χ1) is 11.6. The standard InChI is InChI=1S/C21H26N2O/c1-16-7-6-8-20(17(16)2)22-21(24)19-11-9-18(10-12-19)15-23-13-4-3-5-14-23/h6-12H,3-5,13-15H2,1-2H3,(H,22,24). The van der Waals surface area contributed by atoms with Gasteiger partial charge < -0.3 is 5.32 Å². The molecule has 1 aliphatic heterocycles. The molecule has 0 aliphatic carbocycles. The fourth-order valence-corrected chi connectivity index (χ4v) is 3.22. The molecule has 3 heteroatoms. The zero-order valence-electron chi connectivity index (χ0n) is 14.6. The van der Waals surface area contributed by atoms with Crippen molar-refractivity contribution in [3.05, 3.63) is 64.7 Å². The number of amides is 1. The molecule has 0 unspecified atom stereocenters. The van der Waals surface area contributed by atoms with E-state index in [1.165, 1.54) is 43.5 Å².